The summed E-state index contributed by atoms with van der Waals surface area (Å²) >= 11 is 0. The van der Waals surface area contributed by atoms with Crippen LogP contribution in [0.3, 0.4) is 0 Å². The van der Waals surface area contributed by atoms with Gasteiger partial charge in [0.05, 0.1) is 0 Å². The van der Waals surface area contributed by atoms with Crippen molar-refractivity contribution in [2.45, 2.75) is 19.3 Å². The van der Waals surface area contributed by atoms with E-state index in [0.717, 1.165) is 17.1 Å². The third kappa shape index (κ3) is 4.41. The number of hydrogen-bond acceptors (Lipinski definition) is 1. The molecule has 0 amide bonds. The van der Waals surface area contributed by atoms with Gasteiger partial charge in [-0.15, -0.1) is 0 Å². The van der Waals surface area contributed by atoms with Crippen LogP contribution in [-0.4, -0.2) is 4.57 Å². The normalized spacial score (nSPS) is 13.1. The highest BCUT2D eigenvalue weighted by Crippen LogP contribution is 2.50. The molecule has 0 radical (unpaired) electrons. The van der Waals surface area contributed by atoms with E-state index >= 15 is 0 Å². The van der Waals surface area contributed by atoms with E-state index in [9.17, 15) is 0 Å². The lowest BCUT2D eigenvalue weighted by atomic mass is 9.82. The lowest BCUT2D eigenvalue weighted by Crippen LogP contribution is -2.15. The first kappa shape index (κ1) is 28.4. The number of nitrogens with zero attached hydrogens (tertiary/aromatic N) is 2. The number of fused-ring (bicyclic) bond motifs is 6. The highest BCUT2D eigenvalue weighted by Gasteiger charge is 2.35. The van der Waals surface area contributed by atoms with E-state index in [-0.39, 0.29) is 5.41 Å². The fourth-order valence-electron chi connectivity index (χ4n) is 7.88. The van der Waals surface area contributed by atoms with E-state index in [1.165, 1.54) is 66.3 Å². The van der Waals surface area contributed by atoms with Gasteiger partial charge in [-0.2, -0.15) is 0 Å². The second kappa shape index (κ2) is 10.9. The Balaban J connectivity index is 1.15. The third-order valence-corrected chi connectivity index (χ3v) is 10.4. The van der Waals surface area contributed by atoms with Crippen molar-refractivity contribution in [1.29, 1.82) is 0 Å². The molecule has 1 aliphatic carbocycles. The van der Waals surface area contributed by atoms with Crippen LogP contribution in [-0.2, 0) is 12.5 Å². The van der Waals surface area contributed by atoms with Crippen LogP contribution in [0.25, 0.3) is 55.2 Å². The fraction of sp³-hybridized carbons (Fsp3) is 0.0870. The van der Waals surface area contributed by atoms with Crippen LogP contribution < -0.4 is 4.90 Å². The number of para-hydroxylation sites is 1. The average molecular weight is 617 g/mol. The lowest BCUT2D eigenvalue weighted by molar-refractivity contribution is 0.660. The summed E-state index contributed by atoms with van der Waals surface area (Å²) in [6.45, 7) is 4.68. The number of hydrogen-bond donors (Lipinski definition) is 0. The number of anilines is 3. The summed E-state index contributed by atoms with van der Waals surface area (Å²) in [5.74, 6) is 0. The summed E-state index contributed by atoms with van der Waals surface area (Å²) in [6, 6.07) is 60.0. The van der Waals surface area contributed by atoms with E-state index in [2.05, 4.69) is 194 Å². The van der Waals surface area contributed by atoms with Crippen molar-refractivity contribution < 1.29 is 0 Å². The summed E-state index contributed by atoms with van der Waals surface area (Å²) in [5, 5.41) is 2.58. The Morgan fingerprint density at radius 3 is 1.71 bits per heavy atom. The van der Waals surface area contributed by atoms with Gasteiger partial charge in [0.25, 0.3) is 0 Å². The van der Waals surface area contributed by atoms with Gasteiger partial charge in [0, 0.05) is 51.3 Å². The monoisotopic (exact) mass is 616 g/mol. The Morgan fingerprint density at radius 2 is 0.958 bits per heavy atom. The molecule has 7 aromatic carbocycles. The zero-order valence-corrected chi connectivity index (χ0v) is 27.5. The molecule has 1 aliphatic rings. The summed E-state index contributed by atoms with van der Waals surface area (Å²) < 4.78 is 2.29. The molecule has 1 aromatic heterocycles. The number of aryl methyl sites for hydroxylation is 1. The Bertz CT molecular complexity index is 2460. The van der Waals surface area contributed by atoms with Crippen molar-refractivity contribution in [3.8, 4) is 33.4 Å². The maximum absolute atomic E-state index is 2.39. The van der Waals surface area contributed by atoms with Gasteiger partial charge >= 0.3 is 0 Å². The van der Waals surface area contributed by atoms with Crippen LogP contribution in [0.1, 0.15) is 25.0 Å². The van der Waals surface area contributed by atoms with Gasteiger partial charge in [0.1, 0.15) is 0 Å². The van der Waals surface area contributed by atoms with Gasteiger partial charge in [0.2, 0.25) is 0 Å². The van der Waals surface area contributed by atoms with E-state index in [1.54, 1.807) is 0 Å². The predicted molar refractivity (Wildman–Crippen MR) is 204 cm³/mol. The predicted octanol–water partition coefficient (Wildman–Crippen LogP) is 12.4. The summed E-state index contributed by atoms with van der Waals surface area (Å²) in [7, 11) is 2.15. The molecule has 230 valence electrons. The second-order valence-corrected chi connectivity index (χ2v) is 13.5. The molecule has 0 unspecified atom stereocenters. The van der Waals surface area contributed by atoms with E-state index in [4.69, 9.17) is 0 Å². The number of rotatable bonds is 5. The molecule has 48 heavy (non-hydrogen) atoms. The van der Waals surface area contributed by atoms with E-state index in [0.29, 0.717) is 0 Å². The van der Waals surface area contributed by atoms with Crippen molar-refractivity contribution in [2.75, 3.05) is 4.90 Å². The van der Waals surface area contributed by atoms with Gasteiger partial charge in [-0.1, -0.05) is 123 Å². The molecule has 0 fully saturated rings. The van der Waals surface area contributed by atoms with Gasteiger partial charge in [0.15, 0.2) is 0 Å². The van der Waals surface area contributed by atoms with Crippen LogP contribution in [0.5, 0.6) is 0 Å². The molecule has 2 nitrogen and oxygen atoms in total. The quantitative estimate of drug-likeness (QED) is 0.187. The molecule has 0 bridgehead atoms. The van der Waals surface area contributed by atoms with Crippen LogP contribution in [0, 0.1) is 0 Å². The van der Waals surface area contributed by atoms with Gasteiger partial charge in [-0.05, 0) is 99.1 Å². The van der Waals surface area contributed by atoms with Crippen molar-refractivity contribution in [3.05, 3.63) is 175 Å². The maximum Gasteiger partial charge on any atom is 0.0489 e. The molecular weight excluding hydrogens is 581 g/mol. The van der Waals surface area contributed by atoms with Crippen LogP contribution in [0.15, 0.2) is 164 Å². The Kier molecular flexibility index (Phi) is 6.42. The van der Waals surface area contributed by atoms with Gasteiger partial charge < -0.3 is 9.47 Å². The molecule has 0 spiro atoms. The summed E-state index contributed by atoms with van der Waals surface area (Å²) in [6.07, 6.45) is 0. The first-order chi connectivity index (χ1) is 23.5. The molecule has 9 rings (SSSR count). The summed E-state index contributed by atoms with van der Waals surface area (Å²) in [4.78, 5) is 2.39. The standard InChI is InChI=1S/C46H36N2/c1-46(2)42-15-9-7-13-38(42)40-30-37(26-27-43(40)46)48(35-22-17-32(18-23-35)31-11-5-4-6-12-31)36-24-19-33(20-25-36)34-21-28-45-41(29-34)39-14-8-10-16-44(39)47(45)3/h4-30H,1-3H3. The lowest BCUT2D eigenvalue weighted by Gasteiger charge is -2.27. The molecule has 0 saturated heterocycles. The first-order valence-corrected chi connectivity index (χ1v) is 16.7. The zero-order valence-electron chi connectivity index (χ0n) is 27.5. The molecule has 2 heteroatoms. The van der Waals surface area contributed by atoms with Crippen LogP contribution >= 0.6 is 0 Å². The Morgan fingerprint density at radius 1 is 0.417 bits per heavy atom. The third-order valence-electron chi connectivity index (χ3n) is 10.4. The van der Waals surface area contributed by atoms with Crippen molar-refractivity contribution >= 4 is 38.9 Å². The molecule has 0 atom stereocenters. The highest BCUT2D eigenvalue weighted by molar-refractivity contribution is 6.09. The minimum absolute atomic E-state index is 0.0283. The van der Waals surface area contributed by atoms with Crippen LogP contribution in [0.2, 0.25) is 0 Å². The molecule has 0 saturated carbocycles. The largest absolute Gasteiger partial charge is 0.344 e. The molecule has 8 aromatic rings. The topological polar surface area (TPSA) is 8.17 Å². The average Bonchev–Trinajstić information content (AvgIpc) is 3.55. The van der Waals surface area contributed by atoms with Crippen molar-refractivity contribution in [3.63, 3.8) is 0 Å². The van der Waals surface area contributed by atoms with Crippen LogP contribution in [0.4, 0.5) is 17.1 Å². The first-order valence-electron chi connectivity index (χ1n) is 16.7. The van der Waals surface area contributed by atoms with Crippen molar-refractivity contribution in [2.24, 2.45) is 7.05 Å². The number of benzene rings is 7. The maximum atomic E-state index is 2.39. The molecule has 0 N–H and O–H groups in total. The molecule has 1 heterocycles. The van der Waals surface area contributed by atoms with E-state index in [1.807, 2.05) is 0 Å². The highest BCUT2D eigenvalue weighted by atomic mass is 15.1. The molecular formula is C46H36N2. The van der Waals surface area contributed by atoms with Crippen molar-refractivity contribution in [1.82, 2.24) is 4.57 Å². The molecule has 0 aliphatic heterocycles. The van der Waals surface area contributed by atoms with Gasteiger partial charge in [-0.25, -0.2) is 0 Å². The SMILES string of the molecule is Cn1c2ccccc2c2cc(-c3ccc(N(c4ccc(-c5ccccc5)cc4)c4ccc5c(c4)-c4ccccc4C5(C)C)cc3)ccc21. The fourth-order valence-corrected chi connectivity index (χ4v) is 7.88. The minimum Gasteiger partial charge on any atom is -0.344 e. The summed E-state index contributed by atoms with van der Waals surface area (Å²) in [5.41, 5.74) is 16.2. The Hall–Kier alpha value is -5.86. The smallest absolute Gasteiger partial charge is 0.0489 e. The number of aromatic nitrogens is 1. The Labute approximate surface area is 282 Å². The minimum atomic E-state index is -0.0283. The zero-order chi connectivity index (χ0) is 32.4. The van der Waals surface area contributed by atoms with Gasteiger partial charge in [-0.3, -0.25) is 0 Å². The second-order valence-electron chi connectivity index (χ2n) is 13.5. The van der Waals surface area contributed by atoms with E-state index < -0.39 is 0 Å².